The van der Waals surface area contributed by atoms with Crippen LogP contribution in [0.5, 0.6) is 0 Å². The number of ether oxygens (including phenoxy) is 2. The van der Waals surface area contributed by atoms with Crippen LogP contribution in [0.2, 0.25) is 0 Å². The highest BCUT2D eigenvalue weighted by molar-refractivity contribution is 7.99. The van der Waals surface area contributed by atoms with Gasteiger partial charge in [-0.3, -0.25) is 0 Å². The molecule has 1 aromatic heterocycles. The number of rotatable bonds is 9. The lowest BCUT2D eigenvalue weighted by atomic mass is 9.91. The third-order valence-electron chi connectivity index (χ3n) is 6.20. The monoisotopic (exact) mass is 507 g/mol. The third-order valence-corrected chi connectivity index (χ3v) is 7.23. The summed E-state index contributed by atoms with van der Waals surface area (Å²) in [5.41, 5.74) is 3.85. The number of nitrogens with one attached hydrogen (secondary N) is 2. The third kappa shape index (κ3) is 6.85. The Morgan fingerprint density at radius 3 is 2.36 bits per heavy atom. The van der Waals surface area contributed by atoms with E-state index in [1.807, 2.05) is 73.7 Å². The van der Waals surface area contributed by atoms with E-state index < -0.39 is 6.29 Å². The molecule has 3 aromatic rings. The average molecular weight is 508 g/mol. The number of thioether (sulfide) groups is 1. The highest BCUT2D eigenvalue weighted by Gasteiger charge is 2.38. The topological polar surface area (TPSA) is 92.7 Å². The summed E-state index contributed by atoms with van der Waals surface area (Å²) in [4.78, 5) is 16.1. The molecule has 1 aliphatic rings. The van der Waals surface area contributed by atoms with Gasteiger partial charge in [-0.1, -0.05) is 61.5 Å². The smallest absolute Gasteiger partial charge is 0.315 e. The quantitative estimate of drug-likeness (QED) is 0.354. The van der Waals surface area contributed by atoms with Gasteiger partial charge in [0.2, 0.25) is 0 Å². The van der Waals surface area contributed by atoms with Crippen molar-refractivity contribution in [3.05, 3.63) is 95.2 Å². The van der Waals surface area contributed by atoms with Crippen molar-refractivity contribution in [1.82, 2.24) is 15.6 Å². The summed E-state index contributed by atoms with van der Waals surface area (Å²) in [5.74, 6) is 0.857. The first-order chi connectivity index (χ1) is 17.6. The second-order valence-electron chi connectivity index (χ2n) is 8.76. The molecule has 0 aliphatic carbocycles. The van der Waals surface area contributed by atoms with E-state index in [0.29, 0.717) is 13.1 Å². The Morgan fingerprint density at radius 1 is 0.972 bits per heavy atom. The van der Waals surface area contributed by atoms with Gasteiger partial charge in [0.05, 0.1) is 23.8 Å². The van der Waals surface area contributed by atoms with Gasteiger partial charge in [-0.15, -0.1) is 11.8 Å². The molecule has 4 unspecified atom stereocenters. The number of nitrogens with zero attached hydrogens (tertiary/aromatic N) is 1. The van der Waals surface area contributed by atoms with Gasteiger partial charge in [0.15, 0.2) is 6.29 Å². The van der Waals surface area contributed by atoms with Gasteiger partial charge in [-0.05, 0) is 35.7 Å². The Morgan fingerprint density at radius 2 is 1.69 bits per heavy atom. The SMILES string of the molecule is CCNC(=O)NCc1ccc(C2OC(CSc3ccccn3)C(C)C(c3ccc(CO)cc3)O2)cc1. The Hall–Kier alpha value is -2.91. The Balaban J connectivity index is 1.50. The highest BCUT2D eigenvalue weighted by Crippen LogP contribution is 2.42. The molecule has 8 heteroatoms. The summed E-state index contributed by atoms with van der Waals surface area (Å²) in [6, 6.07) is 21.6. The number of hydrogen-bond donors (Lipinski definition) is 3. The summed E-state index contributed by atoms with van der Waals surface area (Å²) in [6.45, 7) is 5.08. The minimum Gasteiger partial charge on any atom is -0.392 e. The molecule has 7 nitrogen and oxygen atoms in total. The molecule has 36 heavy (non-hydrogen) atoms. The normalized spacial score (nSPS) is 21.6. The zero-order chi connectivity index (χ0) is 25.3. The molecule has 190 valence electrons. The Kier molecular flexibility index (Phi) is 9.35. The van der Waals surface area contributed by atoms with Crippen molar-refractivity contribution in [1.29, 1.82) is 0 Å². The maximum atomic E-state index is 11.7. The number of carbonyl (C=O) groups is 1. The molecule has 1 aliphatic heterocycles. The molecule has 0 saturated carbocycles. The van der Waals surface area contributed by atoms with E-state index in [4.69, 9.17) is 9.47 Å². The number of aliphatic hydroxyl groups excluding tert-OH is 1. The number of aromatic nitrogens is 1. The molecule has 0 spiro atoms. The number of carbonyl (C=O) groups excluding carboxylic acids is 1. The predicted octanol–water partition coefficient (Wildman–Crippen LogP) is 4.98. The van der Waals surface area contributed by atoms with E-state index in [0.717, 1.165) is 33.0 Å². The van der Waals surface area contributed by atoms with Crippen molar-refractivity contribution >= 4 is 17.8 Å². The van der Waals surface area contributed by atoms with Gasteiger partial charge in [0.1, 0.15) is 0 Å². The summed E-state index contributed by atoms with van der Waals surface area (Å²) < 4.78 is 13.0. The Labute approximate surface area is 216 Å². The summed E-state index contributed by atoms with van der Waals surface area (Å²) in [7, 11) is 0. The van der Waals surface area contributed by atoms with Crippen LogP contribution in [0.3, 0.4) is 0 Å². The minimum absolute atomic E-state index is 0.0117. The van der Waals surface area contributed by atoms with E-state index in [-0.39, 0.29) is 30.8 Å². The summed E-state index contributed by atoms with van der Waals surface area (Å²) in [6.07, 6.45) is 1.05. The lowest BCUT2D eigenvalue weighted by Gasteiger charge is -2.41. The van der Waals surface area contributed by atoms with Gasteiger partial charge in [0, 0.05) is 36.5 Å². The van der Waals surface area contributed by atoms with Crippen LogP contribution >= 0.6 is 11.8 Å². The van der Waals surface area contributed by atoms with E-state index >= 15 is 0 Å². The fourth-order valence-corrected chi connectivity index (χ4v) is 5.14. The van der Waals surface area contributed by atoms with Gasteiger partial charge in [0.25, 0.3) is 0 Å². The van der Waals surface area contributed by atoms with Crippen LogP contribution in [0.25, 0.3) is 0 Å². The minimum atomic E-state index is -0.525. The van der Waals surface area contributed by atoms with Crippen molar-refractivity contribution in [2.45, 2.75) is 50.5 Å². The van der Waals surface area contributed by atoms with Gasteiger partial charge >= 0.3 is 6.03 Å². The number of hydrogen-bond acceptors (Lipinski definition) is 6. The van der Waals surface area contributed by atoms with Gasteiger partial charge in [-0.25, -0.2) is 9.78 Å². The molecule has 0 bridgehead atoms. The van der Waals surface area contributed by atoms with Crippen LogP contribution in [-0.4, -0.2) is 34.5 Å². The number of urea groups is 1. The van der Waals surface area contributed by atoms with Crippen molar-refractivity contribution in [2.24, 2.45) is 5.92 Å². The molecule has 3 N–H and O–H groups in total. The van der Waals surface area contributed by atoms with Crippen LogP contribution < -0.4 is 10.6 Å². The lowest BCUT2D eigenvalue weighted by molar-refractivity contribution is -0.268. The maximum absolute atomic E-state index is 11.7. The molecule has 0 radical (unpaired) electrons. The van der Waals surface area contributed by atoms with Crippen molar-refractivity contribution in [3.63, 3.8) is 0 Å². The van der Waals surface area contributed by atoms with Crippen molar-refractivity contribution in [3.8, 4) is 0 Å². The maximum Gasteiger partial charge on any atom is 0.315 e. The first-order valence-corrected chi connectivity index (χ1v) is 13.2. The van der Waals surface area contributed by atoms with E-state index in [1.54, 1.807) is 18.0 Å². The standard InChI is InChI=1S/C28H33N3O4S/c1-3-29-28(33)31-16-20-7-13-23(14-8-20)27-34-24(18-36-25-6-4-5-15-30-25)19(2)26(35-27)22-11-9-21(17-32)10-12-22/h4-15,19,24,26-27,32H,3,16-18H2,1-2H3,(H2,29,31,33). The largest absolute Gasteiger partial charge is 0.392 e. The number of pyridine rings is 1. The lowest BCUT2D eigenvalue weighted by Crippen LogP contribution is -2.38. The van der Waals surface area contributed by atoms with E-state index in [1.165, 1.54) is 0 Å². The summed E-state index contributed by atoms with van der Waals surface area (Å²) in [5, 5.41) is 16.0. The number of amides is 2. The second-order valence-corrected chi connectivity index (χ2v) is 9.80. The fourth-order valence-electron chi connectivity index (χ4n) is 4.11. The highest BCUT2D eigenvalue weighted by atomic mass is 32.2. The molecule has 2 amide bonds. The molecule has 1 saturated heterocycles. The Bertz CT molecular complexity index is 1100. The molecule has 1 fully saturated rings. The van der Waals surface area contributed by atoms with Crippen molar-refractivity contribution < 1.29 is 19.4 Å². The zero-order valence-corrected chi connectivity index (χ0v) is 21.4. The fraction of sp³-hybridized carbons (Fsp3) is 0.357. The van der Waals surface area contributed by atoms with Crippen LogP contribution in [-0.2, 0) is 22.6 Å². The van der Waals surface area contributed by atoms with Crippen LogP contribution in [0, 0.1) is 5.92 Å². The predicted molar refractivity (Wildman–Crippen MR) is 140 cm³/mol. The van der Waals surface area contributed by atoms with E-state index in [9.17, 15) is 9.90 Å². The number of benzene rings is 2. The molecule has 2 heterocycles. The number of aliphatic hydroxyl groups is 1. The van der Waals surface area contributed by atoms with Gasteiger partial charge in [-0.2, -0.15) is 0 Å². The summed E-state index contributed by atoms with van der Waals surface area (Å²) >= 11 is 1.68. The van der Waals surface area contributed by atoms with Crippen molar-refractivity contribution in [2.75, 3.05) is 12.3 Å². The van der Waals surface area contributed by atoms with Gasteiger partial charge < -0.3 is 25.2 Å². The molecular weight excluding hydrogens is 474 g/mol. The first kappa shape index (κ1) is 26.2. The first-order valence-electron chi connectivity index (χ1n) is 12.2. The molecular formula is C28H33N3O4S. The average Bonchev–Trinajstić information content (AvgIpc) is 2.92. The van der Waals surface area contributed by atoms with Crippen LogP contribution in [0.15, 0.2) is 78.0 Å². The second kappa shape index (κ2) is 12.9. The molecule has 4 atom stereocenters. The van der Waals surface area contributed by atoms with E-state index in [2.05, 4.69) is 22.5 Å². The zero-order valence-electron chi connectivity index (χ0n) is 20.6. The molecule has 4 rings (SSSR count). The molecule has 2 aromatic carbocycles. The van der Waals surface area contributed by atoms with Crippen LogP contribution in [0.1, 0.15) is 48.5 Å². The van der Waals surface area contributed by atoms with Crippen LogP contribution in [0.4, 0.5) is 4.79 Å².